The van der Waals surface area contributed by atoms with Crippen molar-refractivity contribution in [1.82, 2.24) is 15.5 Å². The summed E-state index contributed by atoms with van der Waals surface area (Å²) in [4.78, 5) is 6.69. The molecule has 1 aromatic carbocycles. The van der Waals surface area contributed by atoms with Crippen molar-refractivity contribution in [2.75, 3.05) is 26.7 Å². The van der Waals surface area contributed by atoms with Crippen LogP contribution in [0.15, 0.2) is 27.7 Å². The van der Waals surface area contributed by atoms with Crippen molar-refractivity contribution < 1.29 is 4.39 Å². The molecule has 1 fully saturated rings. The lowest BCUT2D eigenvalue weighted by Crippen LogP contribution is -2.44. The van der Waals surface area contributed by atoms with Crippen molar-refractivity contribution in [2.45, 2.75) is 32.4 Å². The first-order chi connectivity index (χ1) is 10.6. The van der Waals surface area contributed by atoms with Crippen LogP contribution in [-0.2, 0) is 6.54 Å². The van der Waals surface area contributed by atoms with Gasteiger partial charge in [0.05, 0.1) is 0 Å². The van der Waals surface area contributed by atoms with Crippen molar-refractivity contribution in [3.05, 3.63) is 34.1 Å². The van der Waals surface area contributed by atoms with Crippen molar-refractivity contribution in [3.8, 4) is 0 Å². The van der Waals surface area contributed by atoms with Gasteiger partial charge in [-0.05, 0) is 44.1 Å². The second-order valence-corrected chi connectivity index (χ2v) is 6.38. The molecule has 2 N–H and O–H groups in total. The average molecular weight is 499 g/mol. The van der Waals surface area contributed by atoms with Gasteiger partial charge in [-0.3, -0.25) is 9.89 Å². The Morgan fingerprint density at radius 2 is 2.22 bits per heavy atom. The molecule has 130 valence electrons. The number of hydrogen-bond donors (Lipinski definition) is 2. The van der Waals surface area contributed by atoms with E-state index in [1.807, 2.05) is 0 Å². The van der Waals surface area contributed by atoms with Gasteiger partial charge in [0.2, 0.25) is 0 Å². The topological polar surface area (TPSA) is 39.7 Å². The molecule has 0 amide bonds. The molecule has 2 rings (SSSR count). The number of aliphatic imine (C=N–C) groups is 1. The third-order valence-corrected chi connectivity index (χ3v) is 4.58. The van der Waals surface area contributed by atoms with Gasteiger partial charge in [0, 0.05) is 36.2 Å². The molecule has 4 nitrogen and oxygen atoms in total. The van der Waals surface area contributed by atoms with E-state index in [2.05, 4.69) is 43.4 Å². The Labute approximate surface area is 163 Å². The quantitative estimate of drug-likeness (QED) is 0.371. The number of rotatable bonds is 5. The van der Waals surface area contributed by atoms with E-state index >= 15 is 0 Å². The lowest BCUT2D eigenvalue weighted by atomic mass is 10.2. The summed E-state index contributed by atoms with van der Waals surface area (Å²) >= 11 is 3.36. The van der Waals surface area contributed by atoms with Crippen LogP contribution in [0.5, 0.6) is 0 Å². The highest BCUT2D eigenvalue weighted by molar-refractivity contribution is 14.0. The summed E-state index contributed by atoms with van der Waals surface area (Å²) in [5, 5.41) is 6.51. The fraction of sp³-hybridized carbons (Fsp3) is 0.562. The van der Waals surface area contributed by atoms with Crippen LogP contribution in [0.3, 0.4) is 0 Å². The zero-order valence-electron chi connectivity index (χ0n) is 13.6. The molecule has 0 saturated carbocycles. The molecule has 1 saturated heterocycles. The predicted octanol–water partition coefficient (Wildman–Crippen LogP) is 3.36. The average Bonchev–Trinajstić information content (AvgIpc) is 2.98. The largest absolute Gasteiger partial charge is 0.355 e. The van der Waals surface area contributed by atoms with E-state index < -0.39 is 0 Å². The summed E-state index contributed by atoms with van der Waals surface area (Å²) in [5.74, 6) is 0.501. The lowest BCUT2D eigenvalue weighted by molar-refractivity contribution is 0.267. The molecule has 1 aliphatic rings. The van der Waals surface area contributed by atoms with E-state index in [0.717, 1.165) is 17.6 Å². The molecule has 1 aliphatic heterocycles. The normalized spacial score (nSPS) is 18.6. The van der Waals surface area contributed by atoms with Gasteiger partial charge in [-0.2, -0.15) is 0 Å². The smallest absolute Gasteiger partial charge is 0.191 e. The molecular formula is C16H25BrFIN4. The minimum Gasteiger partial charge on any atom is -0.355 e. The molecule has 0 spiro atoms. The summed E-state index contributed by atoms with van der Waals surface area (Å²) in [6.45, 7) is 5.74. The number of nitrogens with zero attached hydrogens (tertiary/aromatic N) is 2. The maximum Gasteiger partial charge on any atom is 0.191 e. The van der Waals surface area contributed by atoms with Crippen LogP contribution in [-0.4, -0.2) is 43.6 Å². The van der Waals surface area contributed by atoms with E-state index in [1.165, 1.54) is 25.5 Å². The van der Waals surface area contributed by atoms with Crippen LogP contribution in [0.2, 0.25) is 0 Å². The second-order valence-electron chi connectivity index (χ2n) is 5.47. The first-order valence-corrected chi connectivity index (χ1v) is 8.55. The Morgan fingerprint density at radius 1 is 1.43 bits per heavy atom. The van der Waals surface area contributed by atoms with E-state index in [4.69, 9.17) is 0 Å². The lowest BCUT2D eigenvalue weighted by Gasteiger charge is -2.24. The minimum atomic E-state index is -0.209. The van der Waals surface area contributed by atoms with Gasteiger partial charge in [0.1, 0.15) is 5.82 Å². The summed E-state index contributed by atoms with van der Waals surface area (Å²) in [5.41, 5.74) is 0.619. The maximum absolute atomic E-state index is 13.7. The van der Waals surface area contributed by atoms with Crippen LogP contribution in [0, 0.1) is 5.82 Å². The Balaban J connectivity index is 0.00000264. The number of hydrogen-bond acceptors (Lipinski definition) is 2. The van der Waals surface area contributed by atoms with Crippen molar-refractivity contribution in [3.63, 3.8) is 0 Å². The fourth-order valence-corrected chi connectivity index (χ4v) is 3.24. The van der Waals surface area contributed by atoms with E-state index in [-0.39, 0.29) is 29.8 Å². The maximum atomic E-state index is 13.7. The molecular weight excluding hydrogens is 474 g/mol. The monoisotopic (exact) mass is 498 g/mol. The third-order valence-electron chi connectivity index (χ3n) is 4.09. The van der Waals surface area contributed by atoms with Gasteiger partial charge in [-0.15, -0.1) is 24.0 Å². The van der Waals surface area contributed by atoms with Crippen LogP contribution in [0.1, 0.15) is 25.3 Å². The van der Waals surface area contributed by atoms with Gasteiger partial charge in [0.15, 0.2) is 5.96 Å². The minimum absolute atomic E-state index is 0. The molecule has 7 heteroatoms. The predicted molar refractivity (Wildman–Crippen MR) is 108 cm³/mol. The van der Waals surface area contributed by atoms with Crippen molar-refractivity contribution in [1.29, 1.82) is 0 Å². The molecule has 1 atom stereocenters. The molecule has 0 aromatic heterocycles. The van der Waals surface area contributed by atoms with Gasteiger partial charge in [0.25, 0.3) is 0 Å². The second kappa shape index (κ2) is 10.5. The summed E-state index contributed by atoms with van der Waals surface area (Å²) in [6, 6.07) is 5.51. The van der Waals surface area contributed by atoms with Crippen molar-refractivity contribution >= 4 is 45.9 Å². The van der Waals surface area contributed by atoms with Gasteiger partial charge in [-0.1, -0.05) is 22.9 Å². The molecule has 0 radical (unpaired) electrons. The number of likely N-dealkylation sites (N-methyl/N-ethyl adjacent to an activating group) is 1. The molecule has 1 heterocycles. The highest BCUT2D eigenvalue weighted by Gasteiger charge is 2.22. The molecule has 23 heavy (non-hydrogen) atoms. The summed E-state index contributed by atoms with van der Waals surface area (Å²) < 4.78 is 14.6. The Bertz CT molecular complexity index is 527. The number of guanidine groups is 1. The Hall–Kier alpha value is -0.410. The SMILES string of the molecule is CCN1CCCC1CNC(=NC)NCc1cc(Br)ccc1F.I. The zero-order chi connectivity index (χ0) is 15.9. The number of nitrogens with one attached hydrogen (secondary N) is 2. The van der Waals surface area contributed by atoms with Crippen LogP contribution < -0.4 is 10.6 Å². The highest BCUT2D eigenvalue weighted by Crippen LogP contribution is 2.16. The van der Waals surface area contributed by atoms with Crippen LogP contribution in [0.25, 0.3) is 0 Å². The molecule has 0 bridgehead atoms. The number of halogens is 3. The number of benzene rings is 1. The summed E-state index contributed by atoms with van der Waals surface area (Å²) in [6.07, 6.45) is 2.48. The van der Waals surface area contributed by atoms with Gasteiger partial charge >= 0.3 is 0 Å². The molecule has 1 aromatic rings. The summed E-state index contributed by atoms with van der Waals surface area (Å²) in [7, 11) is 1.73. The van der Waals surface area contributed by atoms with Gasteiger partial charge < -0.3 is 10.6 Å². The van der Waals surface area contributed by atoms with E-state index in [1.54, 1.807) is 19.2 Å². The van der Waals surface area contributed by atoms with Crippen LogP contribution >= 0.6 is 39.9 Å². The first-order valence-electron chi connectivity index (χ1n) is 7.76. The fourth-order valence-electron chi connectivity index (χ4n) is 2.84. The van der Waals surface area contributed by atoms with Gasteiger partial charge in [-0.25, -0.2) is 4.39 Å². The van der Waals surface area contributed by atoms with E-state index in [9.17, 15) is 4.39 Å². The number of likely N-dealkylation sites (tertiary alicyclic amines) is 1. The molecule has 1 unspecified atom stereocenters. The van der Waals surface area contributed by atoms with Crippen molar-refractivity contribution in [2.24, 2.45) is 4.99 Å². The highest BCUT2D eigenvalue weighted by atomic mass is 127. The zero-order valence-corrected chi connectivity index (χ0v) is 17.5. The Kier molecular flexibility index (Phi) is 9.38. The third kappa shape index (κ3) is 6.19. The first kappa shape index (κ1) is 20.6. The van der Waals surface area contributed by atoms with Crippen LogP contribution in [0.4, 0.5) is 4.39 Å². The van der Waals surface area contributed by atoms with E-state index in [0.29, 0.717) is 24.1 Å². The molecule has 0 aliphatic carbocycles. The standard InChI is InChI=1S/C16H24BrFN4.HI/c1-3-22-8-4-5-14(22)11-21-16(19-2)20-10-12-9-13(17)6-7-15(12)18;/h6-7,9,14H,3-5,8,10-11H2,1-2H3,(H2,19,20,21);1H. The Morgan fingerprint density at radius 3 is 2.91 bits per heavy atom.